The first-order chi connectivity index (χ1) is 15.1. The maximum absolute atomic E-state index is 13.1. The summed E-state index contributed by atoms with van der Waals surface area (Å²) in [6.45, 7) is 2.50. The van der Waals surface area contributed by atoms with Crippen molar-refractivity contribution in [3.63, 3.8) is 0 Å². The van der Waals surface area contributed by atoms with Gasteiger partial charge in [0.15, 0.2) is 0 Å². The molecule has 4 rings (SSSR count). The van der Waals surface area contributed by atoms with Gasteiger partial charge in [-0.25, -0.2) is 4.79 Å². The van der Waals surface area contributed by atoms with Crippen LogP contribution in [0.1, 0.15) is 23.6 Å². The minimum atomic E-state index is -1.63. The van der Waals surface area contributed by atoms with E-state index in [1.54, 1.807) is 38.3 Å². The molecular formula is C26H26O5. The van der Waals surface area contributed by atoms with Crippen molar-refractivity contribution in [2.75, 3.05) is 26.9 Å². The Bertz CT molecular complexity index is 949. The van der Waals surface area contributed by atoms with Gasteiger partial charge in [-0.1, -0.05) is 60.7 Å². The van der Waals surface area contributed by atoms with Crippen LogP contribution in [-0.4, -0.2) is 32.9 Å². The Kier molecular flexibility index (Phi) is 6.07. The van der Waals surface area contributed by atoms with Crippen LogP contribution in [0.2, 0.25) is 0 Å². The quantitative estimate of drug-likeness (QED) is 0.554. The predicted octanol–water partition coefficient (Wildman–Crippen LogP) is 4.44. The largest absolute Gasteiger partial charge is 0.497 e. The van der Waals surface area contributed by atoms with E-state index in [4.69, 9.17) is 18.9 Å². The number of hydrogen-bond donors (Lipinski definition) is 0. The molecule has 0 radical (unpaired) electrons. The molecular weight excluding hydrogens is 392 g/mol. The zero-order chi connectivity index (χ0) is 21.7. The summed E-state index contributed by atoms with van der Waals surface area (Å²) in [5.41, 5.74) is 2.15. The van der Waals surface area contributed by atoms with E-state index in [2.05, 4.69) is 24.3 Å². The van der Waals surface area contributed by atoms with Gasteiger partial charge in [0.1, 0.15) is 5.75 Å². The predicted molar refractivity (Wildman–Crippen MR) is 117 cm³/mol. The van der Waals surface area contributed by atoms with E-state index >= 15 is 0 Å². The average Bonchev–Trinajstić information content (AvgIpc) is 2.85. The summed E-state index contributed by atoms with van der Waals surface area (Å²) >= 11 is 0. The molecule has 1 saturated heterocycles. The van der Waals surface area contributed by atoms with Gasteiger partial charge in [0.05, 0.1) is 32.3 Å². The van der Waals surface area contributed by atoms with Gasteiger partial charge in [-0.3, -0.25) is 0 Å². The van der Waals surface area contributed by atoms with Gasteiger partial charge in [-0.05, 0) is 42.3 Å². The Morgan fingerprint density at radius 3 is 1.77 bits per heavy atom. The number of esters is 1. The highest BCUT2D eigenvalue weighted by atomic mass is 16.7. The van der Waals surface area contributed by atoms with Crippen molar-refractivity contribution in [1.82, 2.24) is 0 Å². The Balaban J connectivity index is 1.75. The summed E-state index contributed by atoms with van der Waals surface area (Å²) in [4.78, 5) is 13.1. The van der Waals surface area contributed by atoms with Crippen molar-refractivity contribution in [1.29, 1.82) is 0 Å². The molecule has 0 aromatic heterocycles. The fourth-order valence-corrected chi connectivity index (χ4v) is 3.99. The molecule has 0 atom stereocenters. The van der Waals surface area contributed by atoms with Gasteiger partial charge < -0.3 is 18.9 Å². The highest BCUT2D eigenvalue weighted by Gasteiger charge is 2.53. The Morgan fingerprint density at radius 2 is 1.32 bits per heavy atom. The number of benzene rings is 3. The molecule has 0 amide bonds. The Morgan fingerprint density at radius 1 is 0.806 bits per heavy atom. The van der Waals surface area contributed by atoms with E-state index < -0.39 is 17.2 Å². The molecule has 3 aromatic carbocycles. The highest BCUT2D eigenvalue weighted by Crippen LogP contribution is 2.43. The molecule has 5 nitrogen and oxygen atoms in total. The third-order valence-electron chi connectivity index (χ3n) is 5.71. The fourth-order valence-electron chi connectivity index (χ4n) is 3.99. The van der Waals surface area contributed by atoms with Gasteiger partial charge in [0, 0.05) is 5.56 Å². The van der Waals surface area contributed by atoms with Crippen molar-refractivity contribution >= 4 is 5.97 Å². The van der Waals surface area contributed by atoms with Crippen LogP contribution >= 0.6 is 0 Å². The molecule has 0 N–H and O–H groups in total. The summed E-state index contributed by atoms with van der Waals surface area (Å²) in [6.07, 6.45) is 0. The van der Waals surface area contributed by atoms with Gasteiger partial charge >= 0.3 is 5.97 Å². The van der Waals surface area contributed by atoms with Crippen molar-refractivity contribution in [3.05, 3.63) is 102 Å². The van der Waals surface area contributed by atoms with Gasteiger partial charge in [-0.15, -0.1) is 0 Å². The number of carbonyl (C=O) groups excluding carboxylic acids is 1. The first kappa shape index (κ1) is 21.1. The standard InChI is InChI=1S/C26H26O5/c1-3-29-24(27)26(22-14-16-23(28-2)17-15-22)30-18-25(19-31-26,20-10-6-4-7-11-20)21-12-8-5-9-13-21/h4-17H,3,18-19H2,1-2H3. The number of rotatable bonds is 6. The topological polar surface area (TPSA) is 54.0 Å². The number of carbonyl (C=O) groups is 1. The van der Waals surface area contributed by atoms with Crippen molar-refractivity contribution < 1.29 is 23.7 Å². The van der Waals surface area contributed by atoms with Gasteiger partial charge in [0.25, 0.3) is 5.79 Å². The van der Waals surface area contributed by atoms with E-state index in [0.717, 1.165) is 11.1 Å². The van der Waals surface area contributed by atoms with E-state index in [1.807, 2.05) is 36.4 Å². The molecule has 1 aliphatic rings. The van der Waals surface area contributed by atoms with Crippen molar-refractivity contribution in [2.24, 2.45) is 0 Å². The van der Waals surface area contributed by atoms with Crippen LogP contribution in [0.4, 0.5) is 0 Å². The summed E-state index contributed by atoms with van der Waals surface area (Å²) in [5.74, 6) is -1.51. The van der Waals surface area contributed by atoms with Gasteiger partial charge in [0.2, 0.25) is 0 Å². The zero-order valence-corrected chi connectivity index (χ0v) is 17.7. The lowest BCUT2D eigenvalue weighted by molar-refractivity contribution is -0.290. The molecule has 0 saturated carbocycles. The van der Waals surface area contributed by atoms with E-state index in [9.17, 15) is 4.79 Å². The molecule has 0 unspecified atom stereocenters. The van der Waals surface area contributed by atoms with Crippen molar-refractivity contribution in [3.8, 4) is 5.75 Å². The second-order valence-corrected chi connectivity index (χ2v) is 7.46. The van der Waals surface area contributed by atoms with E-state index in [-0.39, 0.29) is 19.8 Å². The summed E-state index contributed by atoms with van der Waals surface area (Å²) in [7, 11) is 1.60. The average molecular weight is 418 g/mol. The van der Waals surface area contributed by atoms with Crippen LogP contribution in [-0.2, 0) is 30.2 Å². The number of methoxy groups -OCH3 is 1. The lowest BCUT2D eigenvalue weighted by atomic mass is 9.75. The van der Waals surface area contributed by atoms with Crippen LogP contribution in [0.3, 0.4) is 0 Å². The molecule has 0 spiro atoms. The Labute approximate surface area is 182 Å². The lowest BCUT2D eigenvalue weighted by Gasteiger charge is -2.45. The molecule has 3 aromatic rings. The van der Waals surface area contributed by atoms with Crippen LogP contribution in [0.5, 0.6) is 5.75 Å². The van der Waals surface area contributed by atoms with Crippen LogP contribution in [0.25, 0.3) is 0 Å². The summed E-state index contributed by atoms with van der Waals surface area (Å²) < 4.78 is 23.3. The second-order valence-electron chi connectivity index (χ2n) is 7.46. The Hall–Kier alpha value is -3.15. The monoisotopic (exact) mass is 418 g/mol. The van der Waals surface area contributed by atoms with Gasteiger partial charge in [-0.2, -0.15) is 0 Å². The summed E-state index contributed by atoms with van der Waals surface area (Å²) in [5, 5.41) is 0. The highest BCUT2D eigenvalue weighted by molar-refractivity contribution is 5.80. The molecule has 1 heterocycles. The first-order valence-electron chi connectivity index (χ1n) is 10.4. The molecule has 160 valence electrons. The third kappa shape index (κ3) is 3.82. The van der Waals surface area contributed by atoms with E-state index in [1.165, 1.54) is 0 Å². The van der Waals surface area contributed by atoms with Crippen LogP contribution in [0.15, 0.2) is 84.9 Å². The second kappa shape index (κ2) is 8.92. The molecule has 1 aliphatic heterocycles. The molecule has 1 fully saturated rings. The maximum Gasteiger partial charge on any atom is 0.372 e. The fraction of sp³-hybridized carbons (Fsp3) is 0.269. The van der Waals surface area contributed by atoms with E-state index in [0.29, 0.717) is 11.3 Å². The maximum atomic E-state index is 13.1. The summed E-state index contributed by atoms with van der Waals surface area (Å²) in [6, 6.07) is 27.3. The number of hydrogen-bond acceptors (Lipinski definition) is 5. The van der Waals surface area contributed by atoms with Crippen molar-refractivity contribution in [2.45, 2.75) is 18.1 Å². The minimum absolute atomic E-state index is 0.228. The molecule has 0 bridgehead atoms. The van der Waals surface area contributed by atoms with Crippen LogP contribution in [0, 0.1) is 0 Å². The zero-order valence-electron chi connectivity index (χ0n) is 17.7. The first-order valence-corrected chi connectivity index (χ1v) is 10.4. The number of ether oxygens (including phenoxy) is 4. The smallest absolute Gasteiger partial charge is 0.372 e. The SMILES string of the molecule is CCOC(=O)C1(c2ccc(OC)cc2)OCC(c2ccccc2)(c2ccccc2)CO1. The molecule has 0 aliphatic carbocycles. The lowest BCUT2D eigenvalue weighted by Crippen LogP contribution is -2.55. The van der Waals surface area contributed by atoms with Crippen LogP contribution < -0.4 is 4.74 Å². The molecule has 31 heavy (non-hydrogen) atoms. The minimum Gasteiger partial charge on any atom is -0.497 e. The molecule has 5 heteroatoms. The third-order valence-corrected chi connectivity index (χ3v) is 5.71. The normalized spacial score (nSPS) is 17.0.